The number of hydrogen-bond donors (Lipinski definition) is 1. The molecule has 0 fully saturated rings. The zero-order chi connectivity index (χ0) is 19.1. The molecule has 0 saturated heterocycles. The molecule has 1 N–H and O–H groups in total. The second-order valence-corrected chi connectivity index (χ2v) is 6.48. The van der Waals surface area contributed by atoms with E-state index in [9.17, 15) is 4.39 Å². The van der Waals surface area contributed by atoms with Crippen molar-refractivity contribution in [3.05, 3.63) is 78.4 Å². The molecule has 3 aromatic heterocycles. The van der Waals surface area contributed by atoms with Gasteiger partial charge in [-0.2, -0.15) is 0 Å². The van der Waals surface area contributed by atoms with Crippen molar-refractivity contribution in [2.75, 3.05) is 5.32 Å². The average molecular weight is 373 g/mol. The summed E-state index contributed by atoms with van der Waals surface area (Å²) in [6.45, 7) is 2.24. The van der Waals surface area contributed by atoms with Gasteiger partial charge in [0.25, 0.3) is 0 Å². The highest BCUT2D eigenvalue weighted by Crippen LogP contribution is 2.30. The van der Waals surface area contributed by atoms with Crippen molar-refractivity contribution >= 4 is 27.9 Å². The Labute approximate surface area is 159 Å². The molecule has 2 aromatic carbocycles. The molecule has 0 amide bonds. The quantitative estimate of drug-likeness (QED) is 0.498. The van der Waals surface area contributed by atoms with Crippen LogP contribution in [-0.4, -0.2) is 19.5 Å². The van der Waals surface area contributed by atoms with Crippen molar-refractivity contribution in [3.8, 4) is 5.69 Å². The smallest absolute Gasteiger partial charge is 0.196 e. The third kappa shape index (κ3) is 2.68. The van der Waals surface area contributed by atoms with E-state index in [1.165, 1.54) is 12.4 Å². The number of nitrogens with zero attached hydrogens (tertiary/aromatic N) is 4. The summed E-state index contributed by atoms with van der Waals surface area (Å²) in [5.74, 6) is 1.01. The summed E-state index contributed by atoms with van der Waals surface area (Å²) in [7, 11) is 0. The summed E-state index contributed by atoms with van der Waals surface area (Å²) in [6.07, 6.45) is 4.89. The lowest BCUT2D eigenvalue weighted by atomic mass is 10.2. The highest BCUT2D eigenvalue weighted by molar-refractivity contribution is 6.05. The SMILES string of the molecule is Cc1nccn1-c1ccc(CNc2ncnc3c2oc2ccccc23)cc1F. The van der Waals surface area contributed by atoms with Crippen LogP contribution in [0.1, 0.15) is 11.4 Å². The molecular weight excluding hydrogens is 357 g/mol. The van der Waals surface area contributed by atoms with Crippen LogP contribution in [0.5, 0.6) is 0 Å². The number of anilines is 1. The predicted octanol–water partition coefficient (Wildman–Crippen LogP) is 4.62. The van der Waals surface area contributed by atoms with Gasteiger partial charge in [0.2, 0.25) is 0 Å². The molecule has 0 radical (unpaired) electrons. The molecule has 5 aromatic rings. The Balaban J connectivity index is 1.44. The molecule has 0 aliphatic heterocycles. The topological polar surface area (TPSA) is 68.8 Å². The van der Waals surface area contributed by atoms with Crippen molar-refractivity contribution < 1.29 is 8.81 Å². The van der Waals surface area contributed by atoms with Crippen LogP contribution in [0.25, 0.3) is 27.8 Å². The van der Waals surface area contributed by atoms with E-state index in [0.717, 1.165) is 27.9 Å². The lowest BCUT2D eigenvalue weighted by Crippen LogP contribution is -2.04. The molecule has 0 aliphatic rings. The second-order valence-electron chi connectivity index (χ2n) is 6.48. The Bertz CT molecular complexity index is 1310. The number of para-hydroxylation sites is 1. The maximum atomic E-state index is 14.6. The number of aromatic nitrogens is 4. The van der Waals surface area contributed by atoms with E-state index in [1.54, 1.807) is 23.0 Å². The summed E-state index contributed by atoms with van der Waals surface area (Å²) in [6, 6.07) is 12.9. The molecule has 28 heavy (non-hydrogen) atoms. The normalized spacial score (nSPS) is 11.4. The van der Waals surface area contributed by atoms with E-state index in [4.69, 9.17) is 4.42 Å². The fourth-order valence-electron chi connectivity index (χ4n) is 3.32. The van der Waals surface area contributed by atoms with Crippen LogP contribution >= 0.6 is 0 Å². The fraction of sp³-hybridized carbons (Fsp3) is 0.0952. The van der Waals surface area contributed by atoms with Gasteiger partial charge in [-0.15, -0.1) is 0 Å². The van der Waals surface area contributed by atoms with Gasteiger partial charge in [0.15, 0.2) is 11.4 Å². The zero-order valence-corrected chi connectivity index (χ0v) is 15.1. The van der Waals surface area contributed by atoms with E-state index in [1.807, 2.05) is 37.3 Å². The highest BCUT2D eigenvalue weighted by atomic mass is 19.1. The third-order valence-electron chi connectivity index (χ3n) is 4.72. The number of fused-ring (bicyclic) bond motifs is 3. The molecule has 0 atom stereocenters. The van der Waals surface area contributed by atoms with Gasteiger partial charge in [-0.3, -0.25) is 0 Å². The lowest BCUT2D eigenvalue weighted by molar-refractivity contribution is 0.614. The van der Waals surface area contributed by atoms with Crippen molar-refractivity contribution in [1.82, 2.24) is 19.5 Å². The molecule has 0 saturated carbocycles. The number of rotatable bonds is 4. The monoisotopic (exact) mass is 373 g/mol. The standard InChI is InChI=1S/C21H16FN5O/c1-13-23-8-9-27(13)17-7-6-14(10-16(17)22)11-24-21-20-19(25-12-26-21)15-4-2-3-5-18(15)28-20/h2-10,12H,11H2,1H3,(H,24,25,26). The first-order chi connectivity index (χ1) is 13.7. The van der Waals surface area contributed by atoms with Crippen LogP contribution in [0.2, 0.25) is 0 Å². The van der Waals surface area contributed by atoms with Gasteiger partial charge in [0.1, 0.15) is 29.1 Å². The minimum Gasteiger partial charge on any atom is -0.450 e. The first kappa shape index (κ1) is 16.4. The summed E-state index contributed by atoms with van der Waals surface area (Å²) in [4.78, 5) is 12.8. The summed E-state index contributed by atoms with van der Waals surface area (Å²) in [5.41, 5.74) is 3.37. The second kappa shape index (κ2) is 6.45. The Morgan fingerprint density at radius 1 is 1.11 bits per heavy atom. The number of nitrogens with one attached hydrogen (secondary N) is 1. The number of aryl methyl sites for hydroxylation is 1. The molecule has 6 nitrogen and oxygen atoms in total. The molecule has 138 valence electrons. The van der Waals surface area contributed by atoms with Crippen LogP contribution < -0.4 is 5.32 Å². The van der Waals surface area contributed by atoms with Crippen molar-refractivity contribution in [2.45, 2.75) is 13.5 Å². The molecule has 0 spiro atoms. The molecular formula is C21H16FN5O. The third-order valence-corrected chi connectivity index (χ3v) is 4.72. The van der Waals surface area contributed by atoms with Gasteiger partial charge in [-0.25, -0.2) is 19.3 Å². The van der Waals surface area contributed by atoms with Crippen molar-refractivity contribution in [2.24, 2.45) is 0 Å². The lowest BCUT2D eigenvalue weighted by Gasteiger charge is -2.10. The van der Waals surface area contributed by atoms with Gasteiger partial charge in [-0.1, -0.05) is 18.2 Å². The first-order valence-electron chi connectivity index (χ1n) is 8.85. The highest BCUT2D eigenvalue weighted by Gasteiger charge is 2.13. The number of halogens is 1. The molecule has 0 bridgehead atoms. The number of furan rings is 1. The van der Waals surface area contributed by atoms with E-state index in [-0.39, 0.29) is 5.82 Å². The Hall–Kier alpha value is -3.74. The number of benzene rings is 2. The van der Waals surface area contributed by atoms with Crippen molar-refractivity contribution in [1.29, 1.82) is 0 Å². The Kier molecular flexibility index (Phi) is 3.79. The number of hydrogen-bond acceptors (Lipinski definition) is 5. The zero-order valence-electron chi connectivity index (χ0n) is 15.1. The number of imidazole rings is 1. The molecule has 0 aliphatic carbocycles. The molecule has 5 rings (SSSR count). The predicted molar refractivity (Wildman–Crippen MR) is 105 cm³/mol. The molecule has 3 heterocycles. The Morgan fingerprint density at radius 3 is 2.82 bits per heavy atom. The summed E-state index contributed by atoms with van der Waals surface area (Å²) < 4.78 is 22.2. The fourth-order valence-corrected chi connectivity index (χ4v) is 3.32. The van der Waals surface area contributed by atoms with Crippen LogP contribution in [-0.2, 0) is 6.54 Å². The van der Waals surface area contributed by atoms with Gasteiger partial charge in [-0.05, 0) is 36.8 Å². The van der Waals surface area contributed by atoms with Gasteiger partial charge >= 0.3 is 0 Å². The minimum atomic E-state index is -0.308. The van der Waals surface area contributed by atoms with Crippen LogP contribution in [0, 0.1) is 12.7 Å². The maximum absolute atomic E-state index is 14.6. The van der Waals surface area contributed by atoms with E-state index >= 15 is 0 Å². The Morgan fingerprint density at radius 2 is 2.00 bits per heavy atom. The van der Waals surface area contributed by atoms with Crippen LogP contribution in [0.15, 0.2) is 65.6 Å². The van der Waals surface area contributed by atoms with Crippen LogP contribution in [0.3, 0.4) is 0 Å². The minimum absolute atomic E-state index is 0.308. The average Bonchev–Trinajstić information content (AvgIpc) is 3.30. The van der Waals surface area contributed by atoms with E-state index < -0.39 is 0 Å². The van der Waals surface area contributed by atoms with Crippen molar-refractivity contribution in [3.63, 3.8) is 0 Å². The van der Waals surface area contributed by atoms with Gasteiger partial charge in [0.05, 0.1) is 5.69 Å². The summed E-state index contributed by atoms with van der Waals surface area (Å²) in [5, 5.41) is 4.17. The summed E-state index contributed by atoms with van der Waals surface area (Å²) >= 11 is 0. The maximum Gasteiger partial charge on any atom is 0.196 e. The largest absolute Gasteiger partial charge is 0.450 e. The van der Waals surface area contributed by atoms with E-state index in [2.05, 4.69) is 20.3 Å². The molecule has 7 heteroatoms. The first-order valence-corrected chi connectivity index (χ1v) is 8.85. The van der Waals surface area contributed by atoms with Gasteiger partial charge < -0.3 is 14.3 Å². The van der Waals surface area contributed by atoms with Crippen LogP contribution in [0.4, 0.5) is 10.2 Å². The van der Waals surface area contributed by atoms with Gasteiger partial charge in [0, 0.05) is 24.3 Å². The molecule has 0 unspecified atom stereocenters. The van der Waals surface area contributed by atoms with E-state index in [0.29, 0.717) is 23.6 Å².